The van der Waals surface area contributed by atoms with Crippen LogP contribution in [0.4, 0.5) is 5.95 Å². The van der Waals surface area contributed by atoms with E-state index in [2.05, 4.69) is 15.5 Å². The predicted octanol–water partition coefficient (Wildman–Crippen LogP) is 2.93. The maximum absolute atomic E-state index is 12.7. The highest BCUT2D eigenvalue weighted by Gasteiger charge is 2.12. The maximum atomic E-state index is 12.7. The molecule has 0 aliphatic carbocycles. The Hall–Kier alpha value is -3.15. The van der Waals surface area contributed by atoms with Gasteiger partial charge in [0.15, 0.2) is 0 Å². The fourth-order valence-corrected chi connectivity index (χ4v) is 2.23. The number of hydrogen-bond acceptors (Lipinski definition) is 5. The number of rotatable bonds is 6. The first-order valence-electron chi connectivity index (χ1n) is 8.14. The first-order valence-corrected chi connectivity index (χ1v) is 8.14. The fourth-order valence-electron chi connectivity index (χ4n) is 2.23. The largest absolute Gasteiger partial charge is 0.407 e. The van der Waals surface area contributed by atoms with Crippen LogP contribution in [0.2, 0.25) is 0 Å². The van der Waals surface area contributed by atoms with E-state index in [9.17, 15) is 4.79 Å². The van der Waals surface area contributed by atoms with Crippen LogP contribution in [-0.2, 0) is 0 Å². The molecule has 0 aliphatic heterocycles. The van der Waals surface area contributed by atoms with E-state index in [1.165, 1.54) is 4.73 Å². The molecule has 128 valence electrons. The van der Waals surface area contributed by atoms with Crippen molar-refractivity contribution in [2.45, 2.75) is 13.8 Å². The van der Waals surface area contributed by atoms with Crippen LogP contribution >= 0.6 is 0 Å². The van der Waals surface area contributed by atoms with Gasteiger partial charge in [-0.1, -0.05) is 56.3 Å². The summed E-state index contributed by atoms with van der Waals surface area (Å²) < 4.78 is 1.17. The van der Waals surface area contributed by atoms with Crippen LogP contribution in [0.1, 0.15) is 19.4 Å². The minimum atomic E-state index is -0.260. The third kappa shape index (κ3) is 4.03. The molecular formula is C19H20N4O2. The molecule has 3 aromatic rings. The minimum absolute atomic E-state index is 0.247. The molecule has 0 radical (unpaired) electrons. The van der Waals surface area contributed by atoms with Gasteiger partial charge in [-0.2, -0.15) is 5.10 Å². The highest BCUT2D eigenvalue weighted by atomic mass is 16.7. The maximum Gasteiger partial charge on any atom is 0.295 e. The Balaban J connectivity index is 1.95. The molecule has 0 atom stereocenters. The molecule has 6 heteroatoms. The zero-order valence-corrected chi connectivity index (χ0v) is 14.2. The Bertz CT molecular complexity index is 933. The van der Waals surface area contributed by atoms with Gasteiger partial charge < -0.3 is 4.84 Å². The number of para-hydroxylation sites is 1. The number of anilines is 1. The van der Waals surface area contributed by atoms with Crippen molar-refractivity contribution >= 4 is 23.1 Å². The summed E-state index contributed by atoms with van der Waals surface area (Å²) >= 11 is 0. The summed E-state index contributed by atoms with van der Waals surface area (Å²) in [7, 11) is 0. The molecule has 0 amide bonds. The Morgan fingerprint density at radius 3 is 2.64 bits per heavy atom. The van der Waals surface area contributed by atoms with Gasteiger partial charge in [-0.15, -0.1) is 4.73 Å². The number of benzene rings is 2. The molecule has 2 aromatic carbocycles. The van der Waals surface area contributed by atoms with Crippen molar-refractivity contribution in [3.8, 4) is 0 Å². The number of nitrogens with one attached hydrogen (secondary N) is 1. The van der Waals surface area contributed by atoms with Crippen LogP contribution in [0.15, 0.2) is 64.5 Å². The van der Waals surface area contributed by atoms with E-state index in [4.69, 9.17) is 4.84 Å². The van der Waals surface area contributed by atoms with Crippen LogP contribution in [0.5, 0.6) is 0 Å². The molecule has 1 aromatic heterocycles. The van der Waals surface area contributed by atoms with Gasteiger partial charge in [0.05, 0.1) is 17.1 Å². The molecular weight excluding hydrogens is 316 g/mol. The van der Waals surface area contributed by atoms with Gasteiger partial charge in [0.1, 0.15) is 6.61 Å². The molecule has 0 fully saturated rings. The monoisotopic (exact) mass is 336 g/mol. The van der Waals surface area contributed by atoms with Crippen LogP contribution < -0.4 is 15.8 Å². The lowest BCUT2D eigenvalue weighted by Gasteiger charge is -2.14. The first kappa shape index (κ1) is 16.7. The van der Waals surface area contributed by atoms with Crippen molar-refractivity contribution in [1.82, 2.24) is 9.71 Å². The van der Waals surface area contributed by atoms with Crippen molar-refractivity contribution in [2.75, 3.05) is 12.0 Å². The van der Waals surface area contributed by atoms with Gasteiger partial charge in [-0.05, 0) is 23.6 Å². The summed E-state index contributed by atoms with van der Waals surface area (Å²) in [5.41, 5.74) is 4.08. The lowest BCUT2D eigenvalue weighted by Crippen LogP contribution is -2.31. The van der Waals surface area contributed by atoms with Crippen LogP contribution in [0.25, 0.3) is 10.9 Å². The van der Waals surface area contributed by atoms with Crippen molar-refractivity contribution in [3.05, 3.63) is 70.5 Å². The van der Waals surface area contributed by atoms with E-state index >= 15 is 0 Å². The normalized spacial score (nSPS) is 11.3. The molecule has 0 spiro atoms. The molecule has 0 saturated heterocycles. The zero-order chi connectivity index (χ0) is 17.6. The summed E-state index contributed by atoms with van der Waals surface area (Å²) in [4.78, 5) is 22.8. The summed E-state index contributed by atoms with van der Waals surface area (Å²) in [5, 5.41) is 4.67. The number of hydrogen-bond donors (Lipinski definition) is 1. The van der Waals surface area contributed by atoms with Gasteiger partial charge >= 0.3 is 0 Å². The average Bonchev–Trinajstić information content (AvgIpc) is 2.62. The number of nitrogens with zero attached hydrogens (tertiary/aromatic N) is 3. The molecule has 3 rings (SSSR count). The Morgan fingerprint density at radius 1 is 1.16 bits per heavy atom. The van der Waals surface area contributed by atoms with E-state index in [1.807, 2.05) is 50.2 Å². The molecule has 25 heavy (non-hydrogen) atoms. The van der Waals surface area contributed by atoms with Gasteiger partial charge in [0.2, 0.25) is 0 Å². The van der Waals surface area contributed by atoms with E-state index in [0.29, 0.717) is 17.5 Å². The number of hydrazone groups is 1. The summed E-state index contributed by atoms with van der Waals surface area (Å²) in [6.07, 6.45) is 1.66. The number of fused-ring (bicyclic) bond motifs is 1. The minimum Gasteiger partial charge on any atom is -0.407 e. The molecule has 1 heterocycles. The van der Waals surface area contributed by atoms with Crippen molar-refractivity contribution < 1.29 is 4.84 Å². The molecule has 0 bridgehead atoms. The second-order valence-corrected chi connectivity index (χ2v) is 6.02. The van der Waals surface area contributed by atoms with E-state index in [-0.39, 0.29) is 17.4 Å². The van der Waals surface area contributed by atoms with Gasteiger partial charge in [-0.25, -0.2) is 10.4 Å². The lowest BCUT2D eigenvalue weighted by molar-refractivity contribution is 0.0848. The summed E-state index contributed by atoms with van der Waals surface area (Å²) in [6, 6.07) is 16.8. The van der Waals surface area contributed by atoms with Crippen LogP contribution in [0, 0.1) is 5.92 Å². The molecule has 0 unspecified atom stereocenters. The zero-order valence-electron chi connectivity index (χ0n) is 14.2. The van der Waals surface area contributed by atoms with E-state index in [1.54, 1.807) is 24.4 Å². The Labute approximate surface area is 145 Å². The topological polar surface area (TPSA) is 68.5 Å². The quantitative estimate of drug-likeness (QED) is 0.555. The number of aromatic nitrogens is 2. The second kappa shape index (κ2) is 7.61. The SMILES string of the molecule is CC(C)COn1c(N/N=C/c2ccccc2)nc2ccccc2c1=O. The predicted molar refractivity (Wildman–Crippen MR) is 99.9 cm³/mol. The lowest BCUT2D eigenvalue weighted by atomic mass is 10.2. The van der Waals surface area contributed by atoms with Gasteiger partial charge in [0, 0.05) is 0 Å². The van der Waals surface area contributed by atoms with Gasteiger partial charge in [-0.3, -0.25) is 4.79 Å². The van der Waals surface area contributed by atoms with E-state index in [0.717, 1.165) is 5.56 Å². The van der Waals surface area contributed by atoms with Gasteiger partial charge in [0.25, 0.3) is 11.5 Å². The summed E-state index contributed by atoms with van der Waals surface area (Å²) in [6.45, 7) is 4.43. The average molecular weight is 336 g/mol. The second-order valence-electron chi connectivity index (χ2n) is 6.02. The van der Waals surface area contributed by atoms with Crippen LogP contribution in [-0.4, -0.2) is 22.5 Å². The highest BCUT2D eigenvalue weighted by Crippen LogP contribution is 2.10. The molecule has 6 nitrogen and oxygen atoms in total. The highest BCUT2D eigenvalue weighted by molar-refractivity contribution is 5.80. The van der Waals surface area contributed by atoms with Crippen molar-refractivity contribution in [2.24, 2.45) is 11.0 Å². The first-order chi connectivity index (χ1) is 12.1. The van der Waals surface area contributed by atoms with Crippen molar-refractivity contribution in [3.63, 3.8) is 0 Å². The Morgan fingerprint density at radius 2 is 1.88 bits per heavy atom. The molecule has 0 saturated carbocycles. The smallest absolute Gasteiger partial charge is 0.295 e. The molecule has 0 aliphatic rings. The van der Waals surface area contributed by atoms with Crippen molar-refractivity contribution in [1.29, 1.82) is 0 Å². The standard InChI is InChI=1S/C19H20N4O2/c1-14(2)13-25-23-18(24)16-10-6-7-11-17(16)21-19(23)22-20-12-15-8-4-3-5-9-15/h3-12,14H,13H2,1-2H3,(H,21,22)/b20-12+. The third-order valence-corrected chi connectivity index (χ3v) is 3.45. The third-order valence-electron chi connectivity index (χ3n) is 3.45. The molecule has 1 N–H and O–H groups in total. The van der Waals surface area contributed by atoms with E-state index < -0.39 is 0 Å². The fraction of sp³-hybridized carbons (Fsp3) is 0.211. The Kier molecular flexibility index (Phi) is 5.09. The van der Waals surface area contributed by atoms with Crippen LogP contribution in [0.3, 0.4) is 0 Å². The summed E-state index contributed by atoms with van der Waals surface area (Å²) in [5.74, 6) is 0.524.